The van der Waals surface area contributed by atoms with E-state index in [-0.39, 0.29) is 17.7 Å². The minimum Gasteiger partial charge on any atom is -0.404 e. The summed E-state index contributed by atoms with van der Waals surface area (Å²) in [5.74, 6) is 0. The Labute approximate surface area is 162 Å². The number of rotatable bonds is 5. The molecule has 1 fully saturated rings. The highest BCUT2D eigenvalue weighted by Crippen LogP contribution is 2.39. The van der Waals surface area contributed by atoms with Crippen molar-refractivity contribution in [2.24, 2.45) is 0 Å². The summed E-state index contributed by atoms with van der Waals surface area (Å²) in [6.45, 7) is 6.59. The van der Waals surface area contributed by atoms with Crippen LogP contribution >= 0.6 is 0 Å². The van der Waals surface area contributed by atoms with Crippen LogP contribution in [-0.2, 0) is 9.16 Å². The van der Waals surface area contributed by atoms with Crippen LogP contribution in [0.1, 0.15) is 33.6 Å². The molecule has 1 aliphatic heterocycles. The van der Waals surface area contributed by atoms with Crippen LogP contribution in [0.2, 0.25) is 5.04 Å². The van der Waals surface area contributed by atoms with Crippen LogP contribution in [0.4, 0.5) is 0 Å². The van der Waals surface area contributed by atoms with E-state index in [9.17, 15) is 10.2 Å². The van der Waals surface area contributed by atoms with Gasteiger partial charge in [-0.25, -0.2) is 0 Å². The molecule has 0 saturated carbocycles. The molecule has 0 aromatic heterocycles. The minimum atomic E-state index is -2.66. The summed E-state index contributed by atoms with van der Waals surface area (Å²) >= 11 is 0. The lowest BCUT2D eigenvalue weighted by atomic mass is 10.1. The Kier molecular flexibility index (Phi) is 6.18. The molecule has 0 bridgehead atoms. The highest BCUT2D eigenvalue weighted by Gasteiger charge is 2.52. The maximum absolute atomic E-state index is 10.1. The van der Waals surface area contributed by atoms with Crippen molar-refractivity contribution in [3.63, 3.8) is 0 Å². The Balaban J connectivity index is 2.09. The van der Waals surface area contributed by atoms with Gasteiger partial charge in [-0.2, -0.15) is 0 Å². The number of benzene rings is 2. The van der Waals surface area contributed by atoms with E-state index in [1.54, 1.807) is 0 Å². The van der Waals surface area contributed by atoms with Gasteiger partial charge in [0.15, 0.2) is 6.29 Å². The monoisotopic (exact) mass is 386 g/mol. The number of aliphatic hydroxyl groups excluding tert-OH is 2. The third-order valence-corrected chi connectivity index (χ3v) is 10.4. The fourth-order valence-electron chi connectivity index (χ4n) is 4.10. The third-order valence-electron chi connectivity index (χ3n) is 5.30. The molecule has 2 aromatic rings. The first-order chi connectivity index (χ1) is 12.9. The maximum Gasteiger partial charge on any atom is 0.261 e. The van der Waals surface area contributed by atoms with Crippen molar-refractivity contribution in [3.8, 4) is 0 Å². The zero-order valence-electron chi connectivity index (χ0n) is 16.3. The van der Waals surface area contributed by atoms with Crippen LogP contribution in [0.15, 0.2) is 60.7 Å². The SMILES string of the molecule is CC(C)(C)[Si](O[C@H]1C[C@H](CO)O[C@@H](O)C1)(c1ccccc1)c1ccccc1. The second-order valence-electron chi connectivity index (χ2n) is 8.27. The molecule has 1 saturated heterocycles. The van der Waals surface area contributed by atoms with Crippen molar-refractivity contribution < 1.29 is 19.4 Å². The third kappa shape index (κ3) is 4.17. The second kappa shape index (κ2) is 8.25. The van der Waals surface area contributed by atoms with Crippen molar-refractivity contribution in [2.45, 2.75) is 57.1 Å². The normalized spacial score (nSPS) is 24.0. The Hall–Kier alpha value is -1.50. The van der Waals surface area contributed by atoms with Gasteiger partial charge < -0.3 is 19.4 Å². The first kappa shape index (κ1) is 20.2. The van der Waals surface area contributed by atoms with Gasteiger partial charge in [-0.1, -0.05) is 81.4 Å². The van der Waals surface area contributed by atoms with E-state index in [2.05, 4.69) is 69.3 Å². The molecule has 0 aliphatic carbocycles. The molecule has 3 rings (SSSR count). The molecule has 3 atom stereocenters. The second-order valence-corrected chi connectivity index (χ2v) is 12.5. The predicted molar refractivity (Wildman–Crippen MR) is 110 cm³/mol. The van der Waals surface area contributed by atoms with Gasteiger partial charge in [0, 0.05) is 12.8 Å². The average Bonchev–Trinajstić information content (AvgIpc) is 2.66. The van der Waals surface area contributed by atoms with Crippen LogP contribution in [0, 0.1) is 0 Å². The highest BCUT2D eigenvalue weighted by atomic mass is 28.4. The summed E-state index contributed by atoms with van der Waals surface area (Å²) in [6, 6.07) is 20.9. The Morgan fingerprint density at radius 1 is 0.963 bits per heavy atom. The molecule has 0 unspecified atom stereocenters. The topological polar surface area (TPSA) is 58.9 Å². The maximum atomic E-state index is 10.1. The van der Waals surface area contributed by atoms with Gasteiger partial charge in [-0.3, -0.25) is 0 Å². The van der Waals surface area contributed by atoms with Crippen molar-refractivity contribution in [2.75, 3.05) is 6.61 Å². The standard InChI is InChI=1S/C22H30O4Si/c1-22(2,3)27(19-10-6-4-7-11-19,20-12-8-5-9-13-20)26-17-14-18(16-23)25-21(24)15-17/h4-13,17-18,21,23-24H,14-16H2,1-3H3/t17-,18+,21+/m0/s1. The molecule has 2 aromatic carbocycles. The van der Waals surface area contributed by atoms with Crippen LogP contribution in [0.5, 0.6) is 0 Å². The van der Waals surface area contributed by atoms with E-state index in [0.717, 1.165) is 0 Å². The smallest absolute Gasteiger partial charge is 0.261 e. The van der Waals surface area contributed by atoms with Crippen LogP contribution in [-0.4, -0.2) is 43.6 Å². The average molecular weight is 387 g/mol. The fraction of sp³-hybridized carbons (Fsp3) is 0.455. The zero-order chi connectivity index (χ0) is 19.5. The lowest BCUT2D eigenvalue weighted by Gasteiger charge is -2.46. The van der Waals surface area contributed by atoms with E-state index >= 15 is 0 Å². The molecule has 4 nitrogen and oxygen atoms in total. The van der Waals surface area contributed by atoms with E-state index in [1.807, 2.05) is 12.1 Å². The lowest BCUT2D eigenvalue weighted by Crippen LogP contribution is -2.68. The molecule has 0 spiro atoms. The minimum absolute atomic E-state index is 0.113. The molecule has 1 aliphatic rings. The number of hydrogen-bond donors (Lipinski definition) is 2. The summed E-state index contributed by atoms with van der Waals surface area (Å²) in [6.07, 6.45) is -0.465. The molecule has 0 radical (unpaired) electrons. The lowest BCUT2D eigenvalue weighted by molar-refractivity contribution is -0.194. The zero-order valence-corrected chi connectivity index (χ0v) is 17.3. The molecule has 1 heterocycles. The summed E-state index contributed by atoms with van der Waals surface area (Å²) in [5, 5.41) is 22.0. The van der Waals surface area contributed by atoms with Gasteiger partial charge >= 0.3 is 0 Å². The molecule has 0 amide bonds. The quantitative estimate of drug-likeness (QED) is 0.775. The van der Waals surface area contributed by atoms with E-state index in [0.29, 0.717) is 12.8 Å². The van der Waals surface area contributed by atoms with Crippen LogP contribution < -0.4 is 10.4 Å². The summed E-state index contributed by atoms with van der Waals surface area (Å²) in [5.41, 5.74) is 0. The van der Waals surface area contributed by atoms with E-state index in [1.165, 1.54) is 10.4 Å². The molecule has 146 valence electrons. The molecule has 5 heteroatoms. The van der Waals surface area contributed by atoms with Crippen molar-refractivity contribution in [1.29, 1.82) is 0 Å². The van der Waals surface area contributed by atoms with Crippen molar-refractivity contribution >= 4 is 18.7 Å². The Bertz CT molecular complexity index is 675. The van der Waals surface area contributed by atoms with Gasteiger partial charge in [-0.15, -0.1) is 0 Å². The molecular weight excluding hydrogens is 356 g/mol. The van der Waals surface area contributed by atoms with Crippen molar-refractivity contribution in [3.05, 3.63) is 60.7 Å². The van der Waals surface area contributed by atoms with Gasteiger partial charge in [0.05, 0.1) is 18.8 Å². The molecule has 27 heavy (non-hydrogen) atoms. The Morgan fingerprint density at radius 3 is 1.93 bits per heavy atom. The van der Waals surface area contributed by atoms with Crippen LogP contribution in [0.3, 0.4) is 0 Å². The summed E-state index contributed by atoms with van der Waals surface area (Å²) in [4.78, 5) is 0. The number of hydrogen-bond acceptors (Lipinski definition) is 4. The highest BCUT2D eigenvalue weighted by molar-refractivity contribution is 6.99. The molecular formula is C22H30O4Si. The van der Waals surface area contributed by atoms with E-state index in [4.69, 9.17) is 9.16 Å². The largest absolute Gasteiger partial charge is 0.404 e. The summed E-state index contributed by atoms with van der Waals surface area (Å²) < 4.78 is 12.4. The van der Waals surface area contributed by atoms with Gasteiger partial charge in [0.1, 0.15) is 0 Å². The Morgan fingerprint density at radius 2 is 1.48 bits per heavy atom. The van der Waals surface area contributed by atoms with Gasteiger partial charge in [0.25, 0.3) is 8.32 Å². The van der Waals surface area contributed by atoms with Gasteiger partial charge in [0.2, 0.25) is 0 Å². The summed E-state index contributed by atoms with van der Waals surface area (Å²) in [7, 11) is -2.66. The predicted octanol–water partition coefficient (Wildman–Crippen LogP) is 2.42. The van der Waals surface area contributed by atoms with E-state index < -0.39 is 20.7 Å². The van der Waals surface area contributed by atoms with Gasteiger partial charge in [-0.05, 0) is 15.4 Å². The van der Waals surface area contributed by atoms with Crippen LogP contribution in [0.25, 0.3) is 0 Å². The number of aliphatic hydroxyl groups is 2. The van der Waals surface area contributed by atoms with Crippen molar-refractivity contribution in [1.82, 2.24) is 0 Å². The molecule has 2 N–H and O–H groups in total. The first-order valence-electron chi connectivity index (χ1n) is 9.60. The first-order valence-corrected chi connectivity index (χ1v) is 11.5. The fourth-order valence-corrected chi connectivity index (χ4v) is 8.81. The number of ether oxygens (including phenoxy) is 1.